The molecule has 6 heteroatoms. The molecule has 0 spiro atoms. The summed E-state index contributed by atoms with van der Waals surface area (Å²) < 4.78 is 5.39. The highest BCUT2D eigenvalue weighted by Crippen LogP contribution is 2.33. The van der Waals surface area contributed by atoms with Crippen LogP contribution in [-0.2, 0) is 4.74 Å². The Labute approximate surface area is 115 Å². The molecule has 0 N–H and O–H groups in total. The average molecular weight is 284 g/mol. The number of aromatic nitrogens is 2. The molecule has 1 saturated heterocycles. The number of halogens is 1. The van der Waals surface area contributed by atoms with Gasteiger partial charge in [0.15, 0.2) is 0 Å². The Morgan fingerprint density at radius 2 is 2.33 bits per heavy atom. The molecule has 3 rings (SSSR count). The topological polar surface area (TPSA) is 38.2 Å². The van der Waals surface area contributed by atoms with Crippen LogP contribution in [0.1, 0.15) is 11.3 Å². The Morgan fingerprint density at radius 3 is 3.06 bits per heavy atom. The Kier molecular flexibility index (Phi) is 3.13. The van der Waals surface area contributed by atoms with Gasteiger partial charge in [-0.2, -0.15) is 4.98 Å². The average Bonchev–Trinajstić information content (AvgIpc) is 2.93. The molecule has 4 nitrogen and oxygen atoms in total. The van der Waals surface area contributed by atoms with E-state index in [4.69, 9.17) is 16.3 Å². The van der Waals surface area contributed by atoms with E-state index in [1.807, 2.05) is 0 Å². The molecule has 0 aromatic carbocycles. The van der Waals surface area contributed by atoms with Gasteiger partial charge in [-0.25, -0.2) is 4.98 Å². The van der Waals surface area contributed by atoms with Gasteiger partial charge in [0.05, 0.1) is 11.5 Å². The first-order valence-corrected chi connectivity index (χ1v) is 7.08. The monoisotopic (exact) mass is 283 g/mol. The summed E-state index contributed by atoms with van der Waals surface area (Å²) >= 11 is 7.66. The number of fused-ring (bicyclic) bond motifs is 1. The normalized spacial score (nSPS) is 19.9. The number of thiophene rings is 1. The van der Waals surface area contributed by atoms with Gasteiger partial charge < -0.3 is 9.64 Å². The zero-order chi connectivity index (χ0) is 12.7. The van der Waals surface area contributed by atoms with E-state index in [2.05, 4.69) is 27.9 Å². The summed E-state index contributed by atoms with van der Waals surface area (Å²) in [6.45, 7) is 3.90. The van der Waals surface area contributed by atoms with E-state index < -0.39 is 0 Å². The van der Waals surface area contributed by atoms with Gasteiger partial charge in [0.2, 0.25) is 5.28 Å². The Morgan fingerprint density at radius 1 is 1.50 bits per heavy atom. The SMILES string of the molecule is COC1CCN(c2nc(Cl)nc3sc(C)cc23)C1. The van der Waals surface area contributed by atoms with Crippen molar-refractivity contribution in [1.29, 1.82) is 0 Å². The number of hydrogen-bond donors (Lipinski definition) is 0. The van der Waals surface area contributed by atoms with Gasteiger partial charge in [0, 0.05) is 25.1 Å². The summed E-state index contributed by atoms with van der Waals surface area (Å²) in [6.07, 6.45) is 1.32. The summed E-state index contributed by atoms with van der Waals surface area (Å²) in [5, 5.41) is 1.42. The molecule has 0 bridgehead atoms. The maximum Gasteiger partial charge on any atom is 0.225 e. The minimum Gasteiger partial charge on any atom is -0.380 e. The standard InChI is InChI=1S/C12H14ClN3OS/c1-7-5-9-10(14-12(13)15-11(9)18-7)16-4-3-8(6-16)17-2/h5,8H,3-4,6H2,1-2H3. The molecule has 1 unspecified atom stereocenters. The molecule has 3 heterocycles. The van der Waals surface area contributed by atoms with Gasteiger partial charge in [-0.05, 0) is 31.0 Å². The first-order valence-electron chi connectivity index (χ1n) is 5.89. The lowest BCUT2D eigenvalue weighted by Gasteiger charge is -2.17. The lowest BCUT2D eigenvalue weighted by atomic mass is 10.3. The van der Waals surface area contributed by atoms with Crippen molar-refractivity contribution in [2.75, 3.05) is 25.1 Å². The molecule has 0 aliphatic carbocycles. The number of aryl methyl sites for hydroxylation is 1. The van der Waals surface area contributed by atoms with E-state index in [1.54, 1.807) is 18.4 Å². The zero-order valence-electron chi connectivity index (χ0n) is 10.3. The van der Waals surface area contributed by atoms with Crippen LogP contribution in [-0.4, -0.2) is 36.3 Å². The molecular weight excluding hydrogens is 270 g/mol. The maximum atomic E-state index is 6.01. The first kappa shape index (κ1) is 12.1. The molecule has 1 fully saturated rings. The number of rotatable bonds is 2. The van der Waals surface area contributed by atoms with Crippen molar-refractivity contribution in [3.8, 4) is 0 Å². The molecule has 1 aliphatic rings. The quantitative estimate of drug-likeness (QED) is 0.795. The van der Waals surface area contributed by atoms with Crippen LogP contribution in [0.3, 0.4) is 0 Å². The van der Waals surface area contributed by atoms with Crippen LogP contribution in [0.25, 0.3) is 10.2 Å². The van der Waals surface area contributed by atoms with Crippen molar-refractivity contribution in [2.45, 2.75) is 19.4 Å². The Hall–Kier alpha value is -0.910. The predicted molar refractivity (Wildman–Crippen MR) is 74.8 cm³/mol. The molecule has 18 heavy (non-hydrogen) atoms. The smallest absolute Gasteiger partial charge is 0.225 e. The van der Waals surface area contributed by atoms with Crippen molar-refractivity contribution in [1.82, 2.24) is 9.97 Å². The van der Waals surface area contributed by atoms with E-state index in [-0.39, 0.29) is 6.10 Å². The zero-order valence-corrected chi connectivity index (χ0v) is 11.9. The number of methoxy groups -OCH3 is 1. The van der Waals surface area contributed by atoms with Crippen LogP contribution in [0.4, 0.5) is 5.82 Å². The van der Waals surface area contributed by atoms with Crippen LogP contribution >= 0.6 is 22.9 Å². The fourth-order valence-corrected chi connectivity index (χ4v) is 3.44. The molecular formula is C12H14ClN3OS. The lowest BCUT2D eigenvalue weighted by Crippen LogP contribution is -2.23. The van der Waals surface area contributed by atoms with E-state index in [0.717, 1.165) is 35.5 Å². The minimum absolute atomic E-state index is 0.286. The van der Waals surface area contributed by atoms with E-state index in [0.29, 0.717) is 5.28 Å². The van der Waals surface area contributed by atoms with Gasteiger partial charge in [-0.1, -0.05) is 0 Å². The van der Waals surface area contributed by atoms with Crippen molar-refractivity contribution < 1.29 is 4.74 Å². The fraction of sp³-hybridized carbons (Fsp3) is 0.500. The summed E-state index contributed by atoms with van der Waals surface area (Å²) in [5.74, 6) is 0.939. The van der Waals surface area contributed by atoms with Crippen LogP contribution in [0.2, 0.25) is 5.28 Å². The van der Waals surface area contributed by atoms with Crippen molar-refractivity contribution in [2.24, 2.45) is 0 Å². The largest absolute Gasteiger partial charge is 0.380 e. The van der Waals surface area contributed by atoms with Crippen LogP contribution in [0, 0.1) is 6.92 Å². The summed E-state index contributed by atoms with van der Waals surface area (Å²) in [4.78, 5) is 13.1. The second-order valence-corrected chi connectivity index (χ2v) is 6.06. The van der Waals surface area contributed by atoms with Gasteiger partial charge >= 0.3 is 0 Å². The highest BCUT2D eigenvalue weighted by molar-refractivity contribution is 7.18. The van der Waals surface area contributed by atoms with Gasteiger partial charge in [0.25, 0.3) is 0 Å². The number of anilines is 1. The third-order valence-electron chi connectivity index (χ3n) is 3.25. The molecule has 96 valence electrons. The van der Waals surface area contributed by atoms with Crippen molar-refractivity contribution >= 4 is 39.0 Å². The third-order valence-corrected chi connectivity index (χ3v) is 4.36. The van der Waals surface area contributed by atoms with E-state index in [1.165, 1.54) is 4.88 Å². The van der Waals surface area contributed by atoms with Gasteiger partial charge in [-0.15, -0.1) is 11.3 Å². The van der Waals surface area contributed by atoms with Crippen molar-refractivity contribution in [3.63, 3.8) is 0 Å². The fourth-order valence-electron chi connectivity index (χ4n) is 2.36. The number of hydrogen-bond acceptors (Lipinski definition) is 5. The minimum atomic E-state index is 0.286. The van der Waals surface area contributed by atoms with E-state index in [9.17, 15) is 0 Å². The molecule has 2 aromatic heterocycles. The molecule has 0 amide bonds. The molecule has 0 saturated carbocycles. The summed E-state index contributed by atoms with van der Waals surface area (Å²) in [7, 11) is 1.76. The Balaban J connectivity index is 2.05. The molecule has 1 atom stereocenters. The van der Waals surface area contributed by atoms with Crippen molar-refractivity contribution in [3.05, 3.63) is 16.2 Å². The highest BCUT2D eigenvalue weighted by atomic mass is 35.5. The van der Waals surface area contributed by atoms with Crippen LogP contribution in [0.5, 0.6) is 0 Å². The predicted octanol–water partition coefficient (Wildman–Crippen LogP) is 2.88. The second kappa shape index (κ2) is 4.64. The number of ether oxygens (including phenoxy) is 1. The van der Waals surface area contributed by atoms with Gasteiger partial charge in [0.1, 0.15) is 10.6 Å². The molecule has 2 aromatic rings. The molecule has 1 aliphatic heterocycles. The third kappa shape index (κ3) is 2.06. The van der Waals surface area contributed by atoms with Crippen LogP contribution in [0.15, 0.2) is 6.07 Å². The summed E-state index contributed by atoms with van der Waals surface area (Å²) in [6, 6.07) is 2.13. The Bertz CT molecular complexity index is 586. The number of nitrogens with zero attached hydrogens (tertiary/aromatic N) is 3. The maximum absolute atomic E-state index is 6.01. The highest BCUT2D eigenvalue weighted by Gasteiger charge is 2.25. The molecule has 0 radical (unpaired) electrons. The summed E-state index contributed by atoms with van der Waals surface area (Å²) in [5.41, 5.74) is 0. The van der Waals surface area contributed by atoms with Gasteiger partial charge in [-0.3, -0.25) is 0 Å². The first-order chi connectivity index (χ1) is 8.67. The lowest BCUT2D eigenvalue weighted by molar-refractivity contribution is 0.121. The van der Waals surface area contributed by atoms with Crippen LogP contribution < -0.4 is 4.90 Å². The second-order valence-electron chi connectivity index (χ2n) is 4.48. The van der Waals surface area contributed by atoms with E-state index >= 15 is 0 Å².